The van der Waals surface area contributed by atoms with Crippen molar-refractivity contribution < 1.29 is 19.1 Å². The number of rotatable bonds is 10. The molecule has 0 aliphatic rings. The van der Waals surface area contributed by atoms with E-state index in [2.05, 4.69) is 26.4 Å². The van der Waals surface area contributed by atoms with Crippen molar-refractivity contribution in [3.63, 3.8) is 0 Å². The number of amides is 1. The summed E-state index contributed by atoms with van der Waals surface area (Å²) in [4.78, 5) is 17.1. The second-order valence-corrected chi connectivity index (χ2v) is 8.39. The summed E-state index contributed by atoms with van der Waals surface area (Å²) in [6, 6.07) is 18.6. The number of benzene rings is 3. The predicted molar refractivity (Wildman–Crippen MR) is 134 cm³/mol. The van der Waals surface area contributed by atoms with Crippen LogP contribution < -0.4 is 14.8 Å². The van der Waals surface area contributed by atoms with Gasteiger partial charge in [-0.1, -0.05) is 46.6 Å². The zero-order valence-electron chi connectivity index (χ0n) is 18.3. The van der Waals surface area contributed by atoms with E-state index in [1.165, 1.54) is 6.21 Å². The number of nitrogens with one attached hydrogen (secondary N) is 1. The van der Waals surface area contributed by atoms with E-state index in [9.17, 15) is 4.79 Å². The highest BCUT2D eigenvalue weighted by atomic mass is 79.9. The zero-order valence-corrected chi connectivity index (χ0v) is 20.7. The average molecular weight is 532 g/mol. The second kappa shape index (κ2) is 12.3. The van der Waals surface area contributed by atoms with Crippen LogP contribution in [0.1, 0.15) is 23.6 Å². The number of nitrogens with zero attached hydrogens (tertiary/aromatic N) is 1. The molecule has 3 rings (SSSR count). The third-order valence-corrected chi connectivity index (χ3v) is 5.28. The standard InChI is InChI=1S/C25H24BrClN2O4/c1-3-31-23-13-19(12-22(26)25(23)32-15-18-6-8-20(27)9-7-18)14-28-33-16-24(30)29-21-10-4-17(2)5-11-21/h4-14H,3,15-16H2,1-2H3,(H,29,30)/b28-14+. The molecule has 0 aliphatic heterocycles. The molecule has 6 nitrogen and oxygen atoms in total. The molecule has 33 heavy (non-hydrogen) atoms. The lowest BCUT2D eigenvalue weighted by Crippen LogP contribution is -2.16. The molecule has 3 aromatic carbocycles. The van der Waals surface area contributed by atoms with Crippen molar-refractivity contribution in [2.75, 3.05) is 18.5 Å². The van der Waals surface area contributed by atoms with Crippen LogP contribution in [0.15, 0.2) is 70.3 Å². The summed E-state index contributed by atoms with van der Waals surface area (Å²) >= 11 is 9.47. The summed E-state index contributed by atoms with van der Waals surface area (Å²) < 4.78 is 12.4. The van der Waals surface area contributed by atoms with Gasteiger partial charge in [0.2, 0.25) is 0 Å². The van der Waals surface area contributed by atoms with Crippen molar-refractivity contribution in [2.24, 2.45) is 5.16 Å². The van der Waals surface area contributed by atoms with E-state index in [0.29, 0.717) is 39.9 Å². The van der Waals surface area contributed by atoms with Crippen molar-refractivity contribution in [1.82, 2.24) is 0 Å². The SMILES string of the molecule is CCOc1cc(/C=N/OCC(=O)Nc2ccc(C)cc2)cc(Br)c1OCc1ccc(Cl)cc1. The maximum Gasteiger partial charge on any atom is 0.265 e. The lowest BCUT2D eigenvalue weighted by Gasteiger charge is -2.14. The first kappa shape index (κ1) is 24.6. The molecule has 0 saturated heterocycles. The molecule has 0 atom stereocenters. The molecule has 0 aromatic heterocycles. The van der Waals surface area contributed by atoms with Crippen molar-refractivity contribution in [2.45, 2.75) is 20.5 Å². The number of oxime groups is 1. The minimum Gasteiger partial charge on any atom is -0.490 e. The Morgan fingerprint density at radius 3 is 2.52 bits per heavy atom. The lowest BCUT2D eigenvalue weighted by molar-refractivity contribution is -0.120. The molecule has 0 radical (unpaired) electrons. The average Bonchev–Trinajstić information content (AvgIpc) is 2.79. The van der Waals surface area contributed by atoms with Crippen molar-refractivity contribution in [3.05, 3.63) is 86.8 Å². The van der Waals surface area contributed by atoms with Crippen LogP contribution in [0.5, 0.6) is 11.5 Å². The summed E-state index contributed by atoms with van der Waals surface area (Å²) in [5.41, 5.74) is 3.53. The molecule has 0 bridgehead atoms. The van der Waals surface area contributed by atoms with Gasteiger partial charge in [-0.15, -0.1) is 0 Å². The van der Waals surface area contributed by atoms with Gasteiger partial charge in [-0.3, -0.25) is 4.79 Å². The molecule has 0 heterocycles. The number of carbonyl (C=O) groups excluding carboxylic acids is 1. The van der Waals surface area contributed by atoms with E-state index < -0.39 is 0 Å². The van der Waals surface area contributed by atoms with Crippen LogP contribution in [-0.2, 0) is 16.2 Å². The minimum absolute atomic E-state index is 0.202. The number of halogens is 2. The molecule has 1 N–H and O–H groups in total. The highest BCUT2D eigenvalue weighted by molar-refractivity contribution is 9.10. The quantitative estimate of drug-likeness (QED) is 0.243. The molecule has 3 aromatic rings. The Hall–Kier alpha value is -3.03. The maximum absolute atomic E-state index is 12.0. The van der Waals surface area contributed by atoms with E-state index in [0.717, 1.165) is 16.7 Å². The van der Waals surface area contributed by atoms with E-state index in [-0.39, 0.29) is 12.5 Å². The Bertz CT molecular complexity index is 1100. The number of aryl methyl sites for hydroxylation is 1. The molecular weight excluding hydrogens is 508 g/mol. The van der Waals surface area contributed by atoms with E-state index in [1.54, 1.807) is 6.07 Å². The first-order valence-electron chi connectivity index (χ1n) is 10.3. The number of hydrogen-bond donors (Lipinski definition) is 1. The van der Waals surface area contributed by atoms with Crippen molar-refractivity contribution in [1.29, 1.82) is 0 Å². The molecule has 0 spiro atoms. The molecule has 172 valence electrons. The Morgan fingerprint density at radius 1 is 1.09 bits per heavy atom. The van der Waals surface area contributed by atoms with Gasteiger partial charge in [-0.25, -0.2) is 0 Å². The fraction of sp³-hybridized carbons (Fsp3) is 0.200. The highest BCUT2D eigenvalue weighted by Crippen LogP contribution is 2.37. The van der Waals surface area contributed by atoms with Crippen LogP contribution in [0.4, 0.5) is 5.69 Å². The van der Waals surface area contributed by atoms with Gasteiger partial charge in [0.25, 0.3) is 5.91 Å². The first-order valence-corrected chi connectivity index (χ1v) is 11.5. The van der Waals surface area contributed by atoms with Gasteiger partial charge in [0.1, 0.15) is 6.61 Å². The summed E-state index contributed by atoms with van der Waals surface area (Å²) in [6.07, 6.45) is 1.51. The second-order valence-electron chi connectivity index (χ2n) is 7.10. The molecule has 8 heteroatoms. The monoisotopic (exact) mass is 530 g/mol. The Balaban J connectivity index is 1.59. The maximum atomic E-state index is 12.0. The topological polar surface area (TPSA) is 69.2 Å². The molecular formula is C25H24BrClN2O4. The number of ether oxygens (including phenoxy) is 2. The number of carbonyl (C=O) groups is 1. The highest BCUT2D eigenvalue weighted by Gasteiger charge is 2.12. The molecule has 0 unspecified atom stereocenters. The molecule has 0 fully saturated rings. The molecule has 0 saturated carbocycles. The van der Waals surface area contributed by atoms with Gasteiger partial charge >= 0.3 is 0 Å². The number of anilines is 1. The fourth-order valence-electron chi connectivity index (χ4n) is 2.83. The van der Waals surface area contributed by atoms with Gasteiger partial charge in [-0.05, 0) is 71.7 Å². The Kier molecular flexibility index (Phi) is 9.15. The number of hydrogen-bond acceptors (Lipinski definition) is 5. The first-order chi connectivity index (χ1) is 15.9. The van der Waals surface area contributed by atoms with E-state index in [4.69, 9.17) is 25.9 Å². The van der Waals surface area contributed by atoms with Gasteiger partial charge in [0, 0.05) is 16.3 Å². The summed E-state index contributed by atoms with van der Waals surface area (Å²) in [7, 11) is 0. The summed E-state index contributed by atoms with van der Waals surface area (Å²) in [6.45, 7) is 4.51. The van der Waals surface area contributed by atoms with Gasteiger partial charge in [0.05, 0.1) is 17.3 Å². The largest absolute Gasteiger partial charge is 0.490 e. The van der Waals surface area contributed by atoms with E-state index >= 15 is 0 Å². The molecule has 1 amide bonds. The van der Waals surface area contributed by atoms with Crippen molar-refractivity contribution >= 4 is 45.3 Å². The summed E-state index contributed by atoms with van der Waals surface area (Å²) in [5.74, 6) is 0.861. The van der Waals surface area contributed by atoms with Crippen LogP contribution in [0, 0.1) is 6.92 Å². The van der Waals surface area contributed by atoms with E-state index in [1.807, 2.05) is 68.4 Å². The molecule has 0 aliphatic carbocycles. The van der Waals surface area contributed by atoms with Crippen LogP contribution in [0.25, 0.3) is 0 Å². The summed E-state index contributed by atoms with van der Waals surface area (Å²) in [5, 5.41) is 7.32. The van der Waals surface area contributed by atoms with Crippen LogP contribution >= 0.6 is 27.5 Å². The predicted octanol–water partition coefficient (Wildman–Crippen LogP) is 6.38. The van der Waals surface area contributed by atoms with Crippen LogP contribution in [0.2, 0.25) is 5.02 Å². The van der Waals surface area contributed by atoms with Gasteiger partial charge < -0.3 is 19.6 Å². The lowest BCUT2D eigenvalue weighted by atomic mass is 10.2. The third kappa shape index (κ3) is 7.80. The fourth-order valence-corrected chi connectivity index (χ4v) is 3.53. The Labute approximate surface area is 206 Å². The minimum atomic E-state index is -0.293. The van der Waals surface area contributed by atoms with Crippen molar-refractivity contribution in [3.8, 4) is 11.5 Å². The zero-order chi connectivity index (χ0) is 23.6. The third-order valence-electron chi connectivity index (χ3n) is 4.44. The van der Waals surface area contributed by atoms with Gasteiger partial charge in [0.15, 0.2) is 18.1 Å². The van der Waals surface area contributed by atoms with Crippen LogP contribution in [-0.4, -0.2) is 25.3 Å². The van der Waals surface area contributed by atoms with Gasteiger partial charge in [-0.2, -0.15) is 0 Å². The van der Waals surface area contributed by atoms with Crippen LogP contribution in [0.3, 0.4) is 0 Å². The normalized spacial score (nSPS) is 10.8. The Morgan fingerprint density at radius 2 is 1.82 bits per heavy atom. The smallest absolute Gasteiger partial charge is 0.265 e.